The predicted molar refractivity (Wildman–Crippen MR) is 172 cm³/mol. The van der Waals surface area contributed by atoms with Gasteiger partial charge >= 0.3 is 18.0 Å². The number of carbonyl (C=O) groups excluding carboxylic acids is 4. The fourth-order valence-electron chi connectivity index (χ4n) is 4.78. The van der Waals surface area contributed by atoms with Crippen molar-refractivity contribution < 1.29 is 38.5 Å². The molecule has 1 fully saturated rings. The molecule has 3 rings (SSSR count). The van der Waals surface area contributed by atoms with E-state index in [4.69, 9.17) is 25.7 Å². The molecule has 2 atom stereocenters. The maximum Gasteiger partial charge on any atom is 0.412 e. The number of benzene rings is 2. The Morgan fingerprint density at radius 3 is 1.98 bits per heavy atom. The Bertz CT molecular complexity index is 1160. The van der Waals surface area contributed by atoms with Crippen LogP contribution < -0.4 is 16.8 Å². The van der Waals surface area contributed by atoms with E-state index in [0.29, 0.717) is 49.8 Å². The van der Waals surface area contributed by atoms with E-state index in [0.717, 1.165) is 0 Å². The van der Waals surface area contributed by atoms with Gasteiger partial charge in [-0.05, 0) is 36.9 Å². The Balaban J connectivity index is 0.00000506. The maximum absolute atomic E-state index is 13.4. The van der Waals surface area contributed by atoms with E-state index in [1.165, 1.54) is 11.8 Å². The van der Waals surface area contributed by atoms with Crippen molar-refractivity contribution in [3.05, 3.63) is 71.8 Å². The Labute approximate surface area is 275 Å². The highest BCUT2D eigenvalue weighted by atomic mass is 35.5. The van der Waals surface area contributed by atoms with Crippen LogP contribution in [0.5, 0.6) is 0 Å². The number of unbranched alkanes of at least 4 members (excludes halogenated alkanes) is 1. The van der Waals surface area contributed by atoms with Gasteiger partial charge in [-0.1, -0.05) is 60.7 Å². The molecule has 0 bridgehead atoms. The van der Waals surface area contributed by atoms with E-state index in [1.807, 2.05) is 0 Å². The SMILES string of the molecule is CC(OC(=O)[C@H](CCCCN)NC(=O)CCN)OC(=O)N1CCC(OC(=O)C(O)(c2ccccc2)c2ccccc2)CC1.Cl.Cl. The minimum Gasteiger partial charge on any atom is -0.460 e. The van der Waals surface area contributed by atoms with Gasteiger partial charge in [-0.15, -0.1) is 24.8 Å². The molecule has 1 saturated heterocycles. The normalized spacial score (nSPS) is 14.5. The van der Waals surface area contributed by atoms with Crippen LogP contribution >= 0.6 is 24.8 Å². The van der Waals surface area contributed by atoms with Crippen LogP contribution in [0.3, 0.4) is 0 Å². The zero-order valence-corrected chi connectivity index (χ0v) is 26.9. The lowest BCUT2D eigenvalue weighted by molar-refractivity contribution is -0.171. The minimum atomic E-state index is -2.00. The van der Waals surface area contributed by atoms with Crippen molar-refractivity contribution in [1.82, 2.24) is 10.2 Å². The molecule has 250 valence electrons. The molecule has 1 unspecified atom stereocenters. The van der Waals surface area contributed by atoms with Crippen LogP contribution in [0, 0.1) is 0 Å². The molecule has 1 aliphatic rings. The Morgan fingerprint density at radius 2 is 1.47 bits per heavy atom. The van der Waals surface area contributed by atoms with E-state index in [1.54, 1.807) is 60.7 Å². The van der Waals surface area contributed by atoms with Gasteiger partial charge in [0.05, 0.1) is 0 Å². The highest BCUT2D eigenvalue weighted by Crippen LogP contribution is 2.32. The van der Waals surface area contributed by atoms with Gasteiger partial charge in [-0.3, -0.25) is 4.79 Å². The van der Waals surface area contributed by atoms with E-state index in [2.05, 4.69) is 5.32 Å². The number of halogens is 2. The van der Waals surface area contributed by atoms with Crippen molar-refractivity contribution in [2.75, 3.05) is 26.2 Å². The first kappa shape index (κ1) is 39.6. The topological polar surface area (TPSA) is 184 Å². The van der Waals surface area contributed by atoms with Crippen LogP contribution in [-0.2, 0) is 34.2 Å². The standard InChI is InChI=1S/C31H42N4O8.2ClH/c1-22(41-28(37)26(14-8-9-18-32)34-27(36)15-19-33)42-30(39)35-20-16-25(17-21-35)43-29(38)31(40,23-10-4-2-5-11-23)24-12-6-3-7-13-24;;/h2-7,10-13,22,25-26,40H,8-9,14-21,32-33H2,1H3,(H,34,36);2*1H/t22?,26-;;/m0../s1. The molecule has 12 nitrogen and oxygen atoms in total. The van der Waals surface area contributed by atoms with Crippen molar-refractivity contribution in [3.63, 3.8) is 0 Å². The maximum atomic E-state index is 13.4. The van der Waals surface area contributed by atoms with Crippen LogP contribution in [0.25, 0.3) is 0 Å². The summed E-state index contributed by atoms with van der Waals surface area (Å²) in [5.74, 6) is -1.90. The third-order valence-corrected chi connectivity index (χ3v) is 7.14. The molecule has 6 N–H and O–H groups in total. The highest BCUT2D eigenvalue weighted by Gasteiger charge is 2.43. The summed E-state index contributed by atoms with van der Waals surface area (Å²) in [7, 11) is 0. The van der Waals surface area contributed by atoms with E-state index >= 15 is 0 Å². The monoisotopic (exact) mass is 670 g/mol. The van der Waals surface area contributed by atoms with Crippen molar-refractivity contribution in [3.8, 4) is 0 Å². The number of likely N-dealkylation sites (tertiary alicyclic amines) is 1. The molecule has 14 heteroatoms. The van der Waals surface area contributed by atoms with Gasteiger partial charge in [0.2, 0.25) is 17.8 Å². The first-order valence-electron chi connectivity index (χ1n) is 14.6. The summed E-state index contributed by atoms with van der Waals surface area (Å²) in [5.41, 5.74) is 9.72. The molecule has 0 aliphatic carbocycles. The third kappa shape index (κ3) is 11.5. The summed E-state index contributed by atoms with van der Waals surface area (Å²) in [5, 5.41) is 14.2. The van der Waals surface area contributed by atoms with Gasteiger partial charge < -0.3 is 41.0 Å². The van der Waals surface area contributed by atoms with Crippen molar-refractivity contribution in [2.24, 2.45) is 11.5 Å². The first-order chi connectivity index (χ1) is 20.7. The van der Waals surface area contributed by atoms with E-state index in [-0.39, 0.29) is 56.8 Å². The minimum absolute atomic E-state index is 0. The second kappa shape index (κ2) is 19.9. The molecule has 0 saturated carbocycles. The number of piperidine rings is 1. The molecule has 2 amide bonds. The van der Waals surface area contributed by atoms with Crippen molar-refractivity contribution in [1.29, 1.82) is 0 Å². The lowest BCUT2D eigenvalue weighted by Gasteiger charge is -2.34. The summed E-state index contributed by atoms with van der Waals surface area (Å²) in [6.45, 7) is 2.45. The fourth-order valence-corrected chi connectivity index (χ4v) is 4.78. The number of hydrogen-bond acceptors (Lipinski definition) is 10. The summed E-state index contributed by atoms with van der Waals surface area (Å²) < 4.78 is 16.4. The van der Waals surface area contributed by atoms with Gasteiger partial charge in [-0.25, -0.2) is 14.4 Å². The Kier molecular flexibility index (Phi) is 17.5. The quantitative estimate of drug-likeness (QED) is 0.132. The Hall–Kier alpha value is -3.42. The van der Waals surface area contributed by atoms with Crippen LogP contribution in [-0.4, -0.2) is 78.6 Å². The molecule has 0 aromatic heterocycles. The lowest BCUT2D eigenvalue weighted by Crippen LogP contribution is -2.46. The second-order valence-electron chi connectivity index (χ2n) is 10.4. The molecule has 0 spiro atoms. The number of nitrogens with two attached hydrogens (primary N) is 2. The number of amides is 2. The van der Waals surface area contributed by atoms with Gasteiger partial charge in [0, 0.05) is 45.8 Å². The first-order valence-corrected chi connectivity index (χ1v) is 14.6. The molecule has 1 aliphatic heterocycles. The number of ether oxygens (including phenoxy) is 3. The van der Waals surface area contributed by atoms with Crippen LogP contribution in [0.4, 0.5) is 4.79 Å². The summed E-state index contributed by atoms with van der Waals surface area (Å²) >= 11 is 0. The van der Waals surface area contributed by atoms with Crippen LogP contribution in [0.2, 0.25) is 0 Å². The van der Waals surface area contributed by atoms with Crippen LogP contribution in [0.1, 0.15) is 56.6 Å². The van der Waals surface area contributed by atoms with E-state index < -0.39 is 42.1 Å². The highest BCUT2D eigenvalue weighted by molar-refractivity contribution is 5.86. The molecule has 1 heterocycles. The van der Waals surface area contributed by atoms with Crippen LogP contribution in [0.15, 0.2) is 60.7 Å². The molecule has 2 aromatic rings. The number of nitrogens with zero attached hydrogens (tertiary/aromatic N) is 1. The third-order valence-electron chi connectivity index (χ3n) is 7.14. The number of esters is 2. The van der Waals surface area contributed by atoms with Crippen molar-refractivity contribution in [2.45, 2.75) is 69.5 Å². The number of rotatable bonds is 14. The number of hydrogen-bond donors (Lipinski definition) is 4. The summed E-state index contributed by atoms with van der Waals surface area (Å²) in [6.07, 6.45) is -0.122. The fraction of sp³-hybridized carbons (Fsp3) is 0.484. The van der Waals surface area contributed by atoms with Gasteiger partial charge in [0.25, 0.3) is 0 Å². The van der Waals surface area contributed by atoms with Gasteiger partial charge in [0.15, 0.2) is 0 Å². The Morgan fingerprint density at radius 1 is 0.911 bits per heavy atom. The zero-order valence-electron chi connectivity index (χ0n) is 25.3. The molecular weight excluding hydrogens is 627 g/mol. The largest absolute Gasteiger partial charge is 0.460 e. The molecule has 0 radical (unpaired) electrons. The predicted octanol–water partition coefficient (Wildman–Crippen LogP) is 2.76. The lowest BCUT2D eigenvalue weighted by atomic mass is 9.86. The average Bonchev–Trinajstić information content (AvgIpc) is 3.01. The number of nitrogens with one attached hydrogen (secondary N) is 1. The average molecular weight is 672 g/mol. The smallest absolute Gasteiger partial charge is 0.412 e. The number of carbonyl (C=O) groups is 4. The van der Waals surface area contributed by atoms with E-state index in [9.17, 15) is 24.3 Å². The van der Waals surface area contributed by atoms with Gasteiger partial charge in [-0.2, -0.15) is 0 Å². The summed E-state index contributed by atoms with van der Waals surface area (Å²) in [6, 6.07) is 16.3. The van der Waals surface area contributed by atoms with Gasteiger partial charge in [0.1, 0.15) is 12.1 Å². The molecule has 45 heavy (non-hydrogen) atoms. The van der Waals surface area contributed by atoms with Crippen molar-refractivity contribution >= 4 is 48.8 Å². The summed E-state index contributed by atoms with van der Waals surface area (Å²) in [4.78, 5) is 52.3. The number of aliphatic hydroxyl groups is 1. The second-order valence-corrected chi connectivity index (χ2v) is 10.4. The molecule has 2 aromatic carbocycles. The zero-order chi connectivity index (χ0) is 31.2. The molecular formula is C31H44Cl2N4O8.